The van der Waals surface area contributed by atoms with Crippen molar-refractivity contribution in [1.29, 1.82) is 0 Å². The van der Waals surface area contributed by atoms with E-state index < -0.39 is 0 Å². The fourth-order valence-corrected chi connectivity index (χ4v) is 2.57. The summed E-state index contributed by atoms with van der Waals surface area (Å²) in [6.45, 7) is 2.22. The van der Waals surface area contributed by atoms with Crippen molar-refractivity contribution < 1.29 is 0 Å². The van der Waals surface area contributed by atoms with E-state index in [0.717, 1.165) is 6.42 Å². The van der Waals surface area contributed by atoms with Gasteiger partial charge in [0.25, 0.3) is 0 Å². The SMILES string of the molecule is CCCCC(N)c1ccc2c(c1)CCCC2. The summed E-state index contributed by atoms with van der Waals surface area (Å²) in [5, 5.41) is 0. The number of rotatable bonds is 4. The van der Waals surface area contributed by atoms with Crippen LogP contribution in [0, 0.1) is 0 Å². The summed E-state index contributed by atoms with van der Waals surface area (Å²) in [6, 6.07) is 7.14. The molecule has 0 fully saturated rings. The smallest absolute Gasteiger partial charge is 0.0294 e. The van der Waals surface area contributed by atoms with E-state index in [1.165, 1.54) is 44.1 Å². The molecular formula is C15H23N. The summed E-state index contributed by atoms with van der Waals surface area (Å²) in [6.07, 6.45) is 8.81. The fraction of sp³-hybridized carbons (Fsp3) is 0.600. The quantitative estimate of drug-likeness (QED) is 0.816. The summed E-state index contributed by atoms with van der Waals surface area (Å²) in [5.41, 5.74) is 10.7. The molecule has 0 radical (unpaired) electrons. The zero-order chi connectivity index (χ0) is 11.4. The van der Waals surface area contributed by atoms with Gasteiger partial charge in [0.1, 0.15) is 0 Å². The van der Waals surface area contributed by atoms with Crippen LogP contribution in [-0.2, 0) is 12.8 Å². The Bertz CT molecular complexity index is 343. The average molecular weight is 217 g/mol. The highest BCUT2D eigenvalue weighted by Gasteiger charge is 2.12. The molecule has 0 heterocycles. The topological polar surface area (TPSA) is 26.0 Å². The maximum Gasteiger partial charge on any atom is 0.0294 e. The molecule has 0 aromatic heterocycles. The number of hydrogen-bond acceptors (Lipinski definition) is 1. The molecule has 0 spiro atoms. The van der Waals surface area contributed by atoms with Crippen molar-refractivity contribution in [3.63, 3.8) is 0 Å². The second-order valence-electron chi connectivity index (χ2n) is 4.98. The van der Waals surface area contributed by atoms with Gasteiger partial charge in [-0.3, -0.25) is 0 Å². The van der Waals surface area contributed by atoms with Crippen molar-refractivity contribution in [3.05, 3.63) is 34.9 Å². The lowest BCUT2D eigenvalue weighted by molar-refractivity contribution is 0.600. The number of benzene rings is 1. The molecule has 0 saturated heterocycles. The summed E-state index contributed by atoms with van der Waals surface area (Å²) < 4.78 is 0. The van der Waals surface area contributed by atoms with Gasteiger partial charge >= 0.3 is 0 Å². The van der Waals surface area contributed by atoms with Gasteiger partial charge in [-0.2, -0.15) is 0 Å². The Morgan fingerprint density at radius 2 is 1.94 bits per heavy atom. The number of nitrogens with two attached hydrogens (primary N) is 1. The predicted octanol–water partition coefficient (Wildman–Crippen LogP) is 3.76. The first-order valence-corrected chi connectivity index (χ1v) is 6.68. The van der Waals surface area contributed by atoms with Gasteiger partial charge in [-0.15, -0.1) is 0 Å². The Hall–Kier alpha value is -0.820. The number of hydrogen-bond donors (Lipinski definition) is 1. The van der Waals surface area contributed by atoms with Crippen LogP contribution >= 0.6 is 0 Å². The van der Waals surface area contributed by atoms with Gasteiger partial charge in [-0.25, -0.2) is 0 Å². The Kier molecular flexibility index (Phi) is 4.00. The largest absolute Gasteiger partial charge is 0.324 e. The molecule has 0 bridgehead atoms. The maximum atomic E-state index is 6.21. The van der Waals surface area contributed by atoms with Gasteiger partial charge in [0.05, 0.1) is 0 Å². The summed E-state index contributed by atoms with van der Waals surface area (Å²) in [7, 11) is 0. The standard InChI is InChI=1S/C15H23N/c1-2-3-8-15(16)14-10-9-12-6-4-5-7-13(12)11-14/h9-11,15H,2-8,16H2,1H3. The minimum atomic E-state index is 0.243. The number of aryl methyl sites for hydroxylation is 2. The lowest BCUT2D eigenvalue weighted by atomic mass is 9.88. The third-order valence-electron chi connectivity index (χ3n) is 3.67. The van der Waals surface area contributed by atoms with Crippen LogP contribution in [0.3, 0.4) is 0 Å². The molecule has 1 aromatic rings. The third-order valence-corrected chi connectivity index (χ3v) is 3.67. The molecule has 2 N–H and O–H groups in total. The molecule has 0 aliphatic heterocycles. The van der Waals surface area contributed by atoms with E-state index in [9.17, 15) is 0 Å². The second-order valence-corrected chi connectivity index (χ2v) is 4.98. The lowest BCUT2D eigenvalue weighted by Crippen LogP contribution is -2.12. The van der Waals surface area contributed by atoms with Crippen molar-refractivity contribution >= 4 is 0 Å². The van der Waals surface area contributed by atoms with Gasteiger partial charge in [0, 0.05) is 6.04 Å². The summed E-state index contributed by atoms with van der Waals surface area (Å²) in [4.78, 5) is 0. The Morgan fingerprint density at radius 1 is 1.19 bits per heavy atom. The lowest BCUT2D eigenvalue weighted by Gasteiger charge is -2.19. The van der Waals surface area contributed by atoms with E-state index in [-0.39, 0.29) is 6.04 Å². The molecule has 1 nitrogen and oxygen atoms in total. The normalized spacial score (nSPS) is 16.9. The molecule has 88 valence electrons. The Labute approximate surface area is 99.0 Å². The van der Waals surface area contributed by atoms with Crippen LogP contribution in [0.25, 0.3) is 0 Å². The molecule has 0 saturated carbocycles. The Morgan fingerprint density at radius 3 is 2.69 bits per heavy atom. The summed E-state index contributed by atoms with van der Waals surface area (Å²) in [5.74, 6) is 0. The zero-order valence-electron chi connectivity index (χ0n) is 10.3. The van der Waals surface area contributed by atoms with Gasteiger partial charge in [0.2, 0.25) is 0 Å². The number of unbranched alkanes of at least 4 members (excludes halogenated alkanes) is 1. The van der Waals surface area contributed by atoms with Crippen molar-refractivity contribution in [3.8, 4) is 0 Å². The van der Waals surface area contributed by atoms with Gasteiger partial charge in [0.15, 0.2) is 0 Å². The van der Waals surface area contributed by atoms with Crippen LogP contribution in [0.2, 0.25) is 0 Å². The van der Waals surface area contributed by atoms with Crippen molar-refractivity contribution in [1.82, 2.24) is 0 Å². The van der Waals surface area contributed by atoms with Crippen LogP contribution in [-0.4, -0.2) is 0 Å². The first-order chi connectivity index (χ1) is 7.81. The zero-order valence-corrected chi connectivity index (χ0v) is 10.3. The van der Waals surface area contributed by atoms with Crippen LogP contribution in [0.4, 0.5) is 0 Å². The van der Waals surface area contributed by atoms with Crippen molar-refractivity contribution in [2.45, 2.75) is 57.9 Å². The highest BCUT2D eigenvalue weighted by Crippen LogP contribution is 2.25. The van der Waals surface area contributed by atoms with E-state index in [4.69, 9.17) is 5.73 Å². The van der Waals surface area contributed by atoms with Crippen LogP contribution in [0.5, 0.6) is 0 Å². The van der Waals surface area contributed by atoms with E-state index in [0.29, 0.717) is 0 Å². The fourth-order valence-electron chi connectivity index (χ4n) is 2.57. The number of fused-ring (bicyclic) bond motifs is 1. The highest BCUT2D eigenvalue weighted by molar-refractivity contribution is 5.35. The first kappa shape index (κ1) is 11.7. The highest BCUT2D eigenvalue weighted by atomic mass is 14.6. The van der Waals surface area contributed by atoms with Crippen LogP contribution < -0.4 is 5.73 Å². The minimum absolute atomic E-state index is 0.243. The molecule has 16 heavy (non-hydrogen) atoms. The molecule has 2 rings (SSSR count). The van der Waals surface area contributed by atoms with E-state index >= 15 is 0 Å². The monoisotopic (exact) mass is 217 g/mol. The third kappa shape index (κ3) is 2.65. The van der Waals surface area contributed by atoms with Crippen molar-refractivity contribution in [2.75, 3.05) is 0 Å². The molecule has 0 amide bonds. The van der Waals surface area contributed by atoms with Gasteiger partial charge in [-0.1, -0.05) is 38.0 Å². The average Bonchev–Trinajstić information content (AvgIpc) is 2.35. The minimum Gasteiger partial charge on any atom is -0.324 e. The first-order valence-electron chi connectivity index (χ1n) is 6.68. The van der Waals surface area contributed by atoms with Crippen LogP contribution in [0.15, 0.2) is 18.2 Å². The molecule has 1 atom stereocenters. The van der Waals surface area contributed by atoms with Gasteiger partial charge in [-0.05, 0) is 48.8 Å². The van der Waals surface area contributed by atoms with Crippen molar-refractivity contribution in [2.24, 2.45) is 5.73 Å². The molecule has 1 unspecified atom stereocenters. The molecule has 1 aromatic carbocycles. The molecule has 1 aliphatic rings. The van der Waals surface area contributed by atoms with E-state index in [2.05, 4.69) is 25.1 Å². The van der Waals surface area contributed by atoms with Gasteiger partial charge < -0.3 is 5.73 Å². The maximum absolute atomic E-state index is 6.21. The molecule has 1 heteroatoms. The predicted molar refractivity (Wildman–Crippen MR) is 69.5 cm³/mol. The van der Waals surface area contributed by atoms with Crippen LogP contribution in [0.1, 0.15) is 61.8 Å². The van der Waals surface area contributed by atoms with E-state index in [1.54, 1.807) is 11.1 Å². The molecular weight excluding hydrogens is 194 g/mol. The van der Waals surface area contributed by atoms with E-state index in [1.807, 2.05) is 0 Å². The second kappa shape index (κ2) is 5.49. The Balaban J connectivity index is 2.10. The molecule has 1 aliphatic carbocycles. The summed E-state index contributed by atoms with van der Waals surface area (Å²) >= 11 is 0.